The number of benzene rings is 1. The van der Waals surface area contributed by atoms with E-state index in [1.54, 1.807) is 0 Å². The molecule has 1 saturated heterocycles. The Morgan fingerprint density at radius 3 is 2.72 bits per heavy atom. The molecule has 18 heavy (non-hydrogen) atoms. The molecule has 100 valence electrons. The van der Waals surface area contributed by atoms with E-state index in [1.165, 1.54) is 16.7 Å². The van der Waals surface area contributed by atoms with Gasteiger partial charge in [0.2, 0.25) is 0 Å². The summed E-state index contributed by atoms with van der Waals surface area (Å²) in [5.41, 5.74) is 4.04. The molecule has 0 saturated carbocycles. The smallest absolute Gasteiger partial charge is 0.0896 e. The Morgan fingerprint density at radius 2 is 2.11 bits per heavy atom. The van der Waals surface area contributed by atoms with Gasteiger partial charge in [0.15, 0.2) is 0 Å². The van der Waals surface area contributed by atoms with Crippen LogP contribution < -0.4 is 5.32 Å². The van der Waals surface area contributed by atoms with Gasteiger partial charge in [-0.25, -0.2) is 0 Å². The maximum Gasteiger partial charge on any atom is 0.0896 e. The molecule has 0 aliphatic carbocycles. The second-order valence-corrected chi connectivity index (χ2v) is 5.38. The lowest BCUT2D eigenvalue weighted by atomic mass is 9.94. The fourth-order valence-electron chi connectivity index (χ4n) is 2.68. The van der Waals surface area contributed by atoms with Gasteiger partial charge in [0, 0.05) is 13.1 Å². The monoisotopic (exact) mass is 248 g/mol. The molecule has 1 fully saturated rings. The molecule has 1 aliphatic rings. The molecule has 1 N–H and O–H groups in total. The number of likely N-dealkylation sites (N-methyl/N-ethyl adjacent to an activating group) is 1. The topological polar surface area (TPSA) is 24.5 Å². The summed E-state index contributed by atoms with van der Waals surface area (Å²) in [7, 11) is 4.26. The van der Waals surface area contributed by atoms with E-state index < -0.39 is 0 Å². The molecule has 2 unspecified atom stereocenters. The van der Waals surface area contributed by atoms with Gasteiger partial charge in [0.05, 0.1) is 18.8 Å². The molecule has 3 nitrogen and oxygen atoms in total. The van der Waals surface area contributed by atoms with E-state index in [-0.39, 0.29) is 6.10 Å². The summed E-state index contributed by atoms with van der Waals surface area (Å²) < 4.78 is 5.95. The minimum Gasteiger partial charge on any atom is -0.374 e. The van der Waals surface area contributed by atoms with Crippen LogP contribution in [0.5, 0.6) is 0 Å². The minimum atomic E-state index is 0.231. The highest BCUT2D eigenvalue weighted by Gasteiger charge is 2.28. The van der Waals surface area contributed by atoms with Gasteiger partial charge in [-0.1, -0.05) is 23.8 Å². The molecule has 0 amide bonds. The molecule has 1 aromatic rings. The van der Waals surface area contributed by atoms with Crippen molar-refractivity contribution in [2.75, 3.05) is 33.8 Å². The van der Waals surface area contributed by atoms with Crippen LogP contribution in [0.2, 0.25) is 0 Å². The number of ether oxygens (including phenoxy) is 1. The van der Waals surface area contributed by atoms with Crippen LogP contribution in [0.4, 0.5) is 0 Å². The van der Waals surface area contributed by atoms with Crippen molar-refractivity contribution in [2.24, 2.45) is 0 Å². The number of hydrogen-bond acceptors (Lipinski definition) is 3. The highest BCUT2D eigenvalue weighted by molar-refractivity contribution is 5.33. The predicted octanol–water partition coefficient (Wildman–Crippen LogP) is 1.89. The molecule has 0 aromatic heterocycles. The van der Waals surface area contributed by atoms with Crippen molar-refractivity contribution in [2.45, 2.75) is 26.0 Å². The van der Waals surface area contributed by atoms with Gasteiger partial charge < -0.3 is 15.0 Å². The van der Waals surface area contributed by atoms with Crippen LogP contribution in [0.25, 0.3) is 0 Å². The quantitative estimate of drug-likeness (QED) is 0.884. The van der Waals surface area contributed by atoms with Crippen molar-refractivity contribution in [3.63, 3.8) is 0 Å². The van der Waals surface area contributed by atoms with Crippen LogP contribution in [0.15, 0.2) is 18.2 Å². The third-order valence-electron chi connectivity index (χ3n) is 3.62. The molecule has 1 aromatic carbocycles. The lowest BCUT2D eigenvalue weighted by Gasteiger charge is -2.36. The Labute approximate surface area is 110 Å². The first kappa shape index (κ1) is 13.5. The summed E-state index contributed by atoms with van der Waals surface area (Å²) in [5, 5.41) is 3.42. The van der Waals surface area contributed by atoms with E-state index in [4.69, 9.17) is 4.74 Å². The molecular weight excluding hydrogens is 224 g/mol. The molecule has 2 atom stereocenters. The summed E-state index contributed by atoms with van der Waals surface area (Å²) in [6.07, 6.45) is 0.231. The van der Waals surface area contributed by atoms with Crippen LogP contribution in [0.3, 0.4) is 0 Å². The third kappa shape index (κ3) is 2.91. The number of nitrogens with zero attached hydrogens (tertiary/aromatic N) is 1. The fourth-order valence-corrected chi connectivity index (χ4v) is 2.68. The SMILES string of the molecule is Cc1ccc(C)c(C(C2CNCCO2)N(C)C)c1. The van der Waals surface area contributed by atoms with Crippen molar-refractivity contribution < 1.29 is 4.74 Å². The lowest BCUT2D eigenvalue weighted by molar-refractivity contribution is -0.0213. The summed E-state index contributed by atoms with van der Waals surface area (Å²) >= 11 is 0. The molecule has 0 radical (unpaired) electrons. The summed E-state index contributed by atoms with van der Waals surface area (Å²) in [6.45, 7) is 7.02. The maximum atomic E-state index is 5.95. The number of rotatable bonds is 3. The molecule has 1 aliphatic heterocycles. The van der Waals surface area contributed by atoms with Crippen LogP contribution in [0.1, 0.15) is 22.7 Å². The highest BCUT2D eigenvalue weighted by Crippen LogP contribution is 2.28. The average molecular weight is 248 g/mol. The molecule has 0 bridgehead atoms. The Morgan fingerprint density at radius 1 is 1.33 bits per heavy atom. The van der Waals surface area contributed by atoms with Crippen molar-refractivity contribution in [1.29, 1.82) is 0 Å². The van der Waals surface area contributed by atoms with Gasteiger partial charge in [-0.3, -0.25) is 0 Å². The van der Waals surface area contributed by atoms with Crippen molar-refractivity contribution in [3.05, 3.63) is 34.9 Å². The maximum absolute atomic E-state index is 5.95. The molecule has 0 spiro atoms. The van der Waals surface area contributed by atoms with Crippen molar-refractivity contribution in [1.82, 2.24) is 10.2 Å². The number of hydrogen-bond donors (Lipinski definition) is 1. The zero-order chi connectivity index (χ0) is 13.1. The van der Waals surface area contributed by atoms with Gasteiger partial charge in [-0.05, 0) is 39.1 Å². The predicted molar refractivity (Wildman–Crippen MR) is 75.0 cm³/mol. The van der Waals surface area contributed by atoms with Gasteiger partial charge in [0.25, 0.3) is 0 Å². The van der Waals surface area contributed by atoms with Crippen LogP contribution in [-0.2, 0) is 4.74 Å². The first-order chi connectivity index (χ1) is 8.59. The van der Waals surface area contributed by atoms with Crippen LogP contribution in [-0.4, -0.2) is 44.8 Å². The Kier molecular flexibility index (Phi) is 4.38. The molecule has 1 heterocycles. The zero-order valence-electron chi connectivity index (χ0n) is 11.9. The number of aryl methyl sites for hydroxylation is 2. The van der Waals surface area contributed by atoms with E-state index in [9.17, 15) is 0 Å². The Bertz CT molecular complexity index is 397. The highest BCUT2D eigenvalue weighted by atomic mass is 16.5. The normalized spacial score (nSPS) is 22.2. The largest absolute Gasteiger partial charge is 0.374 e. The summed E-state index contributed by atoms with van der Waals surface area (Å²) in [5.74, 6) is 0. The Balaban J connectivity index is 2.31. The number of nitrogens with one attached hydrogen (secondary N) is 1. The van der Waals surface area contributed by atoms with Gasteiger partial charge >= 0.3 is 0 Å². The molecule has 2 rings (SSSR count). The third-order valence-corrected chi connectivity index (χ3v) is 3.62. The van der Waals surface area contributed by atoms with Gasteiger partial charge in [0.1, 0.15) is 0 Å². The first-order valence-corrected chi connectivity index (χ1v) is 6.65. The Hall–Kier alpha value is -0.900. The van der Waals surface area contributed by atoms with Gasteiger partial charge in [-0.2, -0.15) is 0 Å². The average Bonchev–Trinajstić information content (AvgIpc) is 2.35. The van der Waals surface area contributed by atoms with E-state index in [0.29, 0.717) is 6.04 Å². The van der Waals surface area contributed by atoms with E-state index in [0.717, 1.165) is 19.7 Å². The van der Waals surface area contributed by atoms with Crippen LogP contribution >= 0.6 is 0 Å². The minimum absolute atomic E-state index is 0.231. The van der Waals surface area contributed by atoms with Crippen molar-refractivity contribution in [3.8, 4) is 0 Å². The zero-order valence-corrected chi connectivity index (χ0v) is 11.9. The standard InChI is InChI=1S/C15H24N2O/c1-11-5-6-12(2)13(9-11)15(17(3)4)14-10-16-7-8-18-14/h5-6,9,14-16H,7-8,10H2,1-4H3. The second kappa shape index (κ2) is 5.83. The van der Waals surface area contributed by atoms with Gasteiger partial charge in [-0.15, -0.1) is 0 Å². The summed E-state index contributed by atoms with van der Waals surface area (Å²) in [4.78, 5) is 2.26. The lowest BCUT2D eigenvalue weighted by Crippen LogP contribution is -2.45. The molecular formula is C15H24N2O. The van der Waals surface area contributed by atoms with Crippen molar-refractivity contribution >= 4 is 0 Å². The number of morpholine rings is 1. The second-order valence-electron chi connectivity index (χ2n) is 5.38. The van der Waals surface area contributed by atoms with E-state index in [1.807, 2.05) is 0 Å². The van der Waals surface area contributed by atoms with Crippen LogP contribution in [0, 0.1) is 13.8 Å². The molecule has 3 heteroatoms. The van der Waals surface area contributed by atoms with E-state index >= 15 is 0 Å². The fraction of sp³-hybridized carbons (Fsp3) is 0.600. The first-order valence-electron chi connectivity index (χ1n) is 6.65. The van der Waals surface area contributed by atoms with E-state index in [2.05, 4.69) is 56.4 Å². The summed E-state index contributed by atoms with van der Waals surface area (Å²) in [6, 6.07) is 6.98.